The molecule has 0 amide bonds. The van der Waals surface area contributed by atoms with Crippen molar-refractivity contribution in [2.75, 3.05) is 0 Å². The number of hydrogen-bond donors (Lipinski definition) is 0. The standard InChI is InChI=1S/Al.Ca.Mg.Sc.Zr.7H/q;2*+2;;;;;;4*-1. The second-order valence-electron chi connectivity index (χ2n) is 0. The van der Waals surface area contributed by atoms with E-state index in [9.17, 15) is 0 Å². The molecule has 0 spiro atoms. The van der Waals surface area contributed by atoms with Crippen LogP contribution in [0.15, 0.2) is 0 Å². The Hall–Kier alpha value is 4.31. The minimum atomic E-state index is 0. The van der Waals surface area contributed by atoms with Crippen LogP contribution < -0.4 is 0 Å². The van der Waals surface area contributed by atoms with E-state index in [1.54, 1.807) is 0 Å². The van der Waals surface area contributed by atoms with Gasteiger partial charge in [-0.05, 0) is 0 Å². The van der Waals surface area contributed by atoms with Crippen LogP contribution in [0.1, 0.15) is 5.71 Å². The third-order valence-corrected chi connectivity index (χ3v) is 0. The second kappa shape index (κ2) is 23.9. The van der Waals surface area contributed by atoms with Crippen molar-refractivity contribution in [1.29, 1.82) is 0 Å². The van der Waals surface area contributed by atoms with Crippen LogP contribution in [0.3, 0.4) is 0 Å². The Bertz CT molecular complexity index is 20.5. The maximum absolute atomic E-state index is 0. The fraction of sp³-hybridized carbons (Fsp3) is 0. The van der Waals surface area contributed by atoms with Crippen LogP contribution >= 0.6 is 0 Å². The van der Waals surface area contributed by atoms with Crippen molar-refractivity contribution in [3.05, 3.63) is 0 Å². The van der Waals surface area contributed by atoms with Crippen LogP contribution in [0.5, 0.6) is 0 Å². The molecule has 0 aliphatic carbocycles. The molecule has 1 radical (unpaired) electrons. The molecule has 0 aromatic heterocycles. The zero-order valence-corrected chi connectivity index (χ0v) is 10.4. The molecular formula is H7AlCaMgScZr. The van der Waals surface area contributed by atoms with E-state index in [0.717, 1.165) is 0 Å². The Morgan fingerprint density at radius 1 is 1.20 bits per heavy atom. The van der Waals surface area contributed by atoms with Crippen LogP contribution in [0.4, 0.5) is 0 Å². The Balaban J connectivity index is 0. The number of hydrogen-bond acceptors (Lipinski definition) is 0. The van der Waals surface area contributed by atoms with Crippen LogP contribution in [0, 0.1) is 0 Å². The predicted molar refractivity (Wildman–Crippen MR) is 25.9 cm³/mol. The number of rotatable bonds is 0. The summed E-state index contributed by atoms with van der Waals surface area (Å²) in [6.45, 7) is 0. The first kappa shape index (κ1) is 34.6. The van der Waals surface area contributed by atoms with E-state index in [0.29, 0.717) is 0 Å². The molecule has 0 nitrogen and oxygen atoms in total. The SMILES string of the molecule is [AlH3].[Ca+2].[H-].[H-].[H-].[H-].[Mg+2].[Sc].[Zr]. The van der Waals surface area contributed by atoms with E-state index in [4.69, 9.17) is 0 Å². The fourth-order valence-corrected chi connectivity index (χ4v) is 0. The van der Waals surface area contributed by atoms with Gasteiger partial charge in [-0.2, -0.15) is 0 Å². The zero-order chi connectivity index (χ0) is 0. The molecule has 0 bridgehead atoms. The van der Waals surface area contributed by atoms with Gasteiger partial charge in [0.2, 0.25) is 0 Å². The molecule has 0 atom stereocenters. The molecular weight excluding hydrogens is 228 g/mol. The second-order valence-corrected chi connectivity index (χ2v) is 0. The van der Waals surface area contributed by atoms with Crippen molar-refractivity contribution in [3.63, 3.8) is 0 Å². The molecule has 0 aromatic rings. The van der Waals surface area contributed by atoms with E-state index < -0.39 is 0 Å². The first-order valence-electron chi connectivity index (χ1n) is 0. The molecule has 0 aliphatic rings. The van der Waals surface area contributed by atoms with Gasteiger partial charge in [0.1, 0.15) is 0 Å². The first-order valence-corrected chi connectivity index (χ1v) is 0. The average molecular weight is 235 g/mol. The molecule has 0 saturated carbocycles. The molecule has 5 heteroatoms. The fourth-order valence-electron chi connectivity index (χ4n) is 0. The normalized spacial score (nSPS) is 0. The van der Waals surface area contributed by atoms with Gasteiger partial charge in [-0.1, -0.05) is 0 Å². The molecule has 0 aromatic carbocycles. The van der Waals surface area contributed by atoms with Crippen molar-refractivity contribution in [3.8, 4) is 0 Å². The zero-order valence-electron chi connectivity index (χ0n) is 6.49. The van der Waals surface area contributed by atoms with Crippen LogP contribution in [-0.2, 0) is 52.0 Å². The van der Waals surface area contributed by atoms with Gasteiger partial charge in [0.05, 0.1) is 0 Å². The van der Waals surface area contributed by atoms with Gasteiger partial charge in [-0.3, -0.25) is 0 Å². The Kier molecular flexibility index (Phi) is 165. The van der Waals surface area contributed by atoms with Gasteiger partial charge in [0.25, 0.3) is 0 Å². The monoisotopic (exact) mass is 233 g/mol. The smallest absolute Gasteiger partial charge is 1.00 e. The molecule has 0 aliphatic heterocycles. The summed E-state index contributed by atoms with van der Waals surface area (Å²) >= 11 is 0. The van der Waals surface area contributed by atoms with E-state index in [2.05, 4.69) is 0 Å². The summed E-state index contributed by atoms with van der Waals surface area (Å²) in [5.41, 5.74) is 0. The van der Waals surface area contributed by atoms with Crippen molar-refractivity contribution in [1.82, 2.24) is 0 Å². The van der Waals surface area contributed by atoms with E-state index in [1.807, 2.05) is 0 Å². The van der Waals surface area contributed by atoms with Crippen molar-refractivity contribution in [2.24, 2.45) is 0 Å². The largest absolute Gasteiger partial charge is 2.00 e. The average Bonchev–Trinajstić information content (AvgIpc) is 0. The first-order chi connectivity index (χ1) is 0. The molecule has 0 rings (SSSR count). The molecule has 0 heterocycles. The minimum absolute atomic E-state index is 0. The summed E-state index contributed by atoms with van der Waals surface area (Å²) in [7, 11) is 0. The van der Waals surface area contributed by atoms with Gasteiger partial charge in [0, 0.05) is 52.0 Å². The van der Waals surface area contributed by atoms with Gasteiger partial charge in [-0.15, -0.1) is 0 Å². The minimum Gasteiger partial charge on any atom is -1.00 e. The van der Waals surface area contributed by atoms with E-state index in [1.165, 1.54) is 0 Å². The molecule has 0 N–H and O–H groups in total. The summed E-state index contributed by atoms with van der Waals surface area (Å²) in [5, 5.41) is 0. The quantitative estimate of drug-likeness (QED) is 0.448. The maximum Gasteiger partial charge on any atom is 2.00 e. The summed E-state index contributed by atoms with van der Waals surface area (Å²) in [6, 6.07) is 0. The molecule has 21 valence electrons. The molecule has 0 saturated heterocycles. The Morgan fingerprint density at radius 2 is 1.20 bits per heavy atom. The molecule has 5 heavy (non-hydrogen) atoms. The van der Waals surface area contributed by atoms with E-state index in [-0.39, 0.29) is 136 Å². The van der Waals surface area contributed by atoms with Crippen molar-refractivity contribution in [2.45, 2.75) is 0 Å². The Morgan fingerprint density at radius 3 is 1.20 bits per heavy atom. The van der Waals surface area contributed by atoms with Gasteiger partial charge in [0.15, 0.2) is 17.4 Å². The summed E-state index contributed by atoms with van der Waals surface area (Å²) in [4.78, 5) is 0. The third-order valence-electron chi connectivity index (χ3n) is 0. The van der Waals surface area contributed by atoms with Gasteiger partial charge >= 0.3 is 60.8 Å². The summed E-state index contributed by atoms with van der Waals surface area (Å²) < 4.78 is 0. The molecule has 0 unspecified atom stereocenters. The predicted octanol–water partition coefficient (Wildman–Crippen LogP) is -1.50. The van der Waals surface area contributed by atoms with Crippen LogP contribution in [0.2, 0.25) is 0 Å². The van der Waals surface area contributed by atoms with Crippen LogP contribution in [0.25, 0.3) is 0 Å². The van der Waals surface area contributed by atoms with Gasteiger partial charge < -0.3 is 5.71 Å². The molecule has 0 fully saturated rings. The van der Waals surface area contributed by atoms with Crippen LogP contribution in [-0.4, -0.2) is 78.2 Å². The van der Waals surface area contributed by atoms with Crippen molar-refractivity contribution < 1.29 is 57.8 Å². The van der Waals surface area contributed by atoms with E-state index >= 15 is 0 Å². The third kappa shape index (κ3) is 17.8. The van der Waals surface area contributed by atoms with Crippen molar-refractivity contribution >= 4 is 78.2 Å². The summed E-state index contributed by atoms with van der Waals surface area (Å²) in [5.74, 6) is 0. The Labute approximate surface area is 133 Å². The topological polar surface area (TPSA) is 0 Å². The summed E-state index contributed by atoms with van der Waals surface area (Å²) in [6.07, 6.45) is 0. The van der Waals surface area contributed by atoms with Gasteiger partial charge in [-0.25, -0.2) is 0 Å². The maximum atomic E-state index is 0.